The third-order valence-corrected chi connectivity index (χ3v) is 3.51. The SMILES string of the molecule is Cc1ccc(F)cc1CSC(C)CC(=O)O. The van der Waals surface area contributed by atoms with E-state index in [0.29, 0.717) is 5.75 Å². The molecule has 88 valence electrons. The zero-order valence-corrected chi connectivity index (χ0v) is 10.2. The zero-order valence-electron chi connectivity index (χ0n) is 9.37. The molecular formula is C12H15FO2S. The van der Waals surface area contributed by atoms with Crippen LogP contribution in [0.25, 0.3) is 0 Å². The minimum absolute atomic E-state index is 0.0418. The van der Waals surface area contributed by atoms with Gasteiger partial charge in [0.05, 0.1) is 6.42 Å². The lowest BCUT2D eigenvalue weighted by molar-refractivity contribution is -0.136. The van der Waals surface area contributed by atoms with Gasteiger partial charge in [0.25, 0.3) is 0 Å². The molecule has 0 heterocycles. The van der Waals surface area contributed by atoms with Crippen molar-refractivity contribution in [3.05, 3.63) is 35.1 Å². The van der Waals surface area contributed by atoms with E-state index in [1.807, 2.05) is 13.8 Å². The summed E-state index contributed by atoms with van der Waals surface area (Å²) in [6.45, 7) is 3.80. The smallest absolute Gasteiger partial charge is 0.304 e. The van der Waals surface area contributed by atoms with E-state index in [-0.39, 0.29) is 17.5 Å². The minimum atomic E-state index is -0.795. The van der Waals surface area contributed by atoms with Crippen molar-refractivity contribution in [2.75, 3.05) is 0 Å². The van der Waals surface area contributed by atoms with E-state index < -0.39 is 5.97 Å². The molecule has 1 rings (SSSR count). The number of halogens is 1. The lowest BCUT2D eigenvalue weighted by Crippen LogP contribution is -2.06. The van der Waals surface area contributed by atoms with Gasteiger partial charge in [-0.15, -0.1) is 0 Å². The molecule has 0 amide bonds. The zero-order chi connectivity index (χ0) is 12.1. The molecule has 1 atom stereocenters. The summed E-state index contributed by atoms with van der Waals surface area (Å²) in [5.74, 6) is -0.388. The topological polar surface area (TPSA) is 37.3 Å². The van der Waals surface area contributed by atoms with Gasteiger partial charge in [0.15, 0.2) is 0 Å². The van der Waals surface area contributed by atoms with E-state index in [4.69, 9.17) is 5.11 Å². The van der Waals surface area contributed by atoms with Crippen LogP contribution in [0, 0.1) is 12.7 Å². The van der Waals surface area contributed by atoms with Crippen molar-refractivity contribution >= 4 is 17.7 Å². The van der Waals surface area contributed by atoms with Crippen LogP contribution in [-0.4, -0.2) is 16.3 Å². The van der Waals surface area contributed by atoms with E-state index in [9.17, 15) is 9.18 Å². The lowest BCUT2D eigenvalue weighted by Gasteiger charge is -2.10. The third kappa shape index (κ3) is 4.23. The fourth-order valence-corrected chi connectivity index (χ4v) is 2.37. The molecule has 1 N–H and O–H groups in total. The number of carbonyl (C=O) groups is 1. The molecule has 16 heavy (non-hydrogen) atoms. The van der Waals surface area contributed by atoms with Crippen LogP contribution in [0.1, 0.15) is 24.5 Å². The van der Waals surface area contributed by atoms with Crippen LogP contribution in [0.3, 0.4) is 0 Å². The maximum absolute atomic E-state index is 13.0. The van der Waals surface area contributed by atoms with Crippen molar-refractivity contribution in [2.45, 2.75) is 31.3 Å². The van der Waals surface area contributed by atoms with Gasteiger partial charge in [-0.1, -0.05) is 13.0 Å². The highest BCUT2D eigenvalue weighted by Crippen LogP contribution is 2.22. The van der Waals surface area contributed by atoms with E-state index in [2.05, 4.69) is 0 Å². The molecule has 0 bridgehead atoms. The van der Waals surface area contributed by atoms with Gasteiger partial charge in [0, 0.05) is 11.0 Å². The van der Waals surface area contributed by atoms with Crippen molar-refractivity contribution in [2.24, 2.45) is 0 Å². The number of hydrogen-bond acceptors (Lipinski definition) is 2. The first-order chi connectivity index (χ1) is 7.49. The first kappa shape index (κ1) is 13.0. The van der Waals surface area contributed by atoms with Gasteiger partial charge >= 0.3 is 5.97 Å². The van der Waals surface area contributed by atoms with Gasteiger partial charge < -0.3 is 5.11 Å². The Morgan fingerprint density at radius 2 is 2.25 bits per heavy atom. The molecule has 0 fully saturated rings. The summed E-state index contributed by atoms with van der Waals surface area (Å²) < 4.78 is 13.0. The molecule has 1 aromatic rings. The number of hydrogen-bond donors (Lipinski definition) is 1. The monoisotopic (exact) mass is 242 g/mol. The van der Waals surface area contributed by atoms with Gasteiger partial charge in [-0.3, -0.25) is 4.79 Å². The summed E-state index contributed by atoms with van der Waals surface area (Å²) in [5.41, 5.74) is 1.97. The second-order valence-corrected chi connectivity index (χ2v) is 5.22. The standard InChI is InChI=1S/C12H15FO2S/c1-8-3-4-11(13)6-10(8)7-16-9(2)5-12(14)15/h3-4,6,9H,5,7H2,1-2H3,(H,14,15). The van der Waals surface area contributed by atoms with Crippen LogP contribution in [0.15, 0.2) is 18.2 Å². The Labute approximate surface area is 98.9 Å². The van der Waals surface area contributed by atoms with Crippen molar-refractivity contribution in [3.8, 4) is 0 Å². The molecule has 1 unspecified atom stereocenters. The van der Waals surface area contributed by atoms with Crippen molar-refractivity contribution in [1.29, 1.82) is 0 Å². The van der Waals surface area contributed by atoms with Crippen LogP contribution in [0.2, 0.25) is 0 Å². The second-order valence-electron chi connectivity index (χ2n) is 3.79. The molecule has 4 heteroatoms. The Kier molecular flexibility index (Phi) is 4.80. The molecule has 1 aromatic carbocycles. The summed E-state index contributed by atoms with van der Waals surface area (Å²) in [7, 11) is 0. The molecular weight excluding hydrogens is 227 g/mol. The summed E-state index contributed by atoms with van der Waals surface area (Å²) in [5, 5.41) is 8.65. The Hall–Kier alpha value is -1.03. The minimum Gasteiger partial charge on any atom is -0.481 e. The molecule has 0 aliphatic rings. The lowest BCUT2D eigenvalue weighted by atomic mass is 10.1. The largest absolute Gasteiger partial charge is 0.481 e. The van der Waals surface area contributed by atoms with Crippen LogP contribution in [0.4, 0.5) is 4.39 Å². The van der Waals surface area contributed by atoms with Gasteiger partial charge in [-0.25, -0.2) is 4.39 Å². The number of benzene rings is 1. The molecule has 0 radical (unpaired) electrons. The third-order valence-electron chi connectivity index (χ3n) is 2.30. The summed E-state index contributed by atoms with van der Waals surface area (Å²) in [6.07, 6.45) is 0.138. The first-order valence-electron chi connectivity index (χ1n) is 5.07. The van der Waals surface area contributed by atoms with Gasteiger partial charge in [0.2, 0.25) is 0 Å². The molecule has 0 aliphatic heterocycles. The molecule has 0 aliphatic carbocycles. The number of aliphatic carboxylic acids is 1. The molecule has 0 saturated carbocycles. The first-order valence-corrected chi connectivity index (χ1v) is 6.12. The van der Waals surface area contributed by atoms with Crippen LogP contribution < -0.4 is 0 Å². The Balaban J connectivity index is 2.54. The maximum Gasteiger partial charge on any atom is 0.304 e. The van der Waals surface area contributed by atoms with Crippen LogP contribution in [0.5, 0.6) is 0 Å². The van der Waals surface area contributed by atoms with E-state index in [0.717, 1.165) is 11.1 Å². The van der Waals surface area contributed by atoms with Gasteiger partial charge in [-0.05, 0) is 30.2 Å². The number of carboxylic acid groups (broad SMARTS) is 1. The summed E-state index contributed by atoms with van der Waals surface area (Å²) in [6, 6.07) is 4.69. The highest BCUT2D eigenvalue weighted by Gasteiger charge is 2.09. The number of carboxylic acids is 1. The van der Waals surface area contributed by atoms with E-state index in [1.165, 1.54) is 23.9 Å². The molecule has 2 nitrogen and oxygen atoms in total. The van der Waals surface area contributed by atoms with Crippen molar-refractivity contribution in [1.82, 2.24) is 0 Å². The summed E-state index contributed by atoms with van der Waals surface area (Å²) in [4.78, 5) is 10.5. The quantitative estimate of drug-likeness (QED) is 0.861. The number of aryl methyl sites for hydroxylation is 1. The Morgan fingerprint density at radius 1 is 1.56 bits per heavy atom. The fourth-order valence-electron chi connectivity index (χ4n) is 1.33. The van der Waals surface area contributed by atoms with Crippen molar-refractivity contribution < 1.29 is 14.3 Å². The van der Waals surface area contributed by atoms with Crippen LogP contribution in [-0.2, 0) is 10.5 Å². The molecule has 0 aromatic heterocycles. The average molecular weight is 242 g/mol. The van der Waals surface area contributed by atoms with E-state index >= 15 is 0 Å². The Bertz CT molecular complexity index is 379. The van der Waals surface area contributed by atoms with Gasteiger partial charge in [0.1, 0.15) is 5.82 Å². The van der Waals surface area contributed by atoms with Gasteiger partial charge in [-0.2, -0.15) is 11.8 Å². The molecule has 0 spiro atoms. The Morgan fingerprint density at radius 3 is 2.88 bits per heavy atom. The molecule has 0 saturated heterocycles. The fraction of sp³-hybridized carbons (Fsp3) is 0.417. The predicted octanol–water partition coefficient (Wildman–Crippen LogP) is 3.23. The van der Waals surface area contributed by atoms with Crippen molar-refractivity contribution in [3.63, 3.8) is 0 Å². The highest BCUT2D eigenvalue weighted by molar-refractivity contribution is 7.99. The average Bonchev–Trinajstić information content (AvgIpc) is 2.18. The van der Waals surface area contributed by atoms with E-state index in [1.54, 1.807) is 6.07 Å². The number of rotatable bonds is 5. The predicted molar refractivity (Wildman–Crippen MR) is 64.1 cm³/mol. The maximum atomic E-state index is 13.0. The number of thioether (sulfide) groups is 1. The summed E-state index contributed by atoms with van der Waals surface area (Å²) >= 11 is 1.53. The highest BCUT2D eigenvalue weighted by atomic mass is 32.2. The van der Waals surface area contributed by atoms with Crippen LogP contribution >= 0.6 is 11.8 Å². The second kappa shape index (κ2) is 5.89. The normalized spacial score (nSPS) is 12.4.